The van der Waals surface area contributed by atoms with Crippen molar-refractivity contribution in [1.29, 1.82) is 0 Å². The van der Waals surface area contributed by atoms with Gasteiger partial charge < -0.3 is 5.11 Å². The normalized spacial score (nSPS) is 13.9. The van der Waals surface area contributed by atoms with E-state index in [0.717, 1.165) is 5.56 Å². The Hall–Kier alpha value is -0.960. The summed E-state index contributed by atoms with van der Waals surface area (Å²) in [4.78, 5) is 0. The summed E-state index contributed by atoms with van der Waals surface area (Å²) in [5.74, 6) is -2.69. The Morgan fingerprint density at radius 2 is 1.61 bits per heavy atom. The Morgan fingerprint density at radius 3 is 2.06 bits per heavy atom. The molecule has 0 aliphatic rings. The molecule has 1 aromatic rings. The number of aliphatic hydroxyl groups excluding tert-OH is 1. The molecule has 18 heavy (non-hydrogen) atoms. The number of benzene rings is 1. The summed E-state index contributed by atoms with van der Waals surface area (Å²) in [5, 5.41) is 9.75. The number of hydrogen-bond acceptors (Lipinski definition) is 1. The topological polar surface area (TPSA) is 20.2 Å². The van der Waals surface area contributed by atoms with E-state index in [2.05, 4.69) is 0 Å². The van der Waals surface area contributed by atoms with Crippen molar-refractivity contribution in [3.8, 4) is 0 Å². The predicted octanol–water partition coefficient (Wildman–Crippen LogP) is 4.67. The first-order valence-electron chi connectivity index (χ1n) is 6.54. The van der Waals surface area contributed by atoms with Gasteiger partial charge >= 0.3 is 0 Å². The van der Waals surface area contributed by atoms with Crippen molar-refractivity contribution in [2.75, 3.05) is 0 Å². The SMILES string of the molecule is CCCCC(F)(F)C(O)c1ccc(C(C)C)cc1. The molecule has 0 fully saturated rings. The van der Waals surface area contributed by atoms with E-state index in [1.165, 1.54) is 0 Å². The summed E-state index contributed by atoms with van der Waals surface area (Å²) in [5.41, 5.74) is 1.38. The average Bonchev–Trinajstić information content (AvgIpc) is 2.35. The molecule has 0 saturated heterocycles. The Labute approximate surface area is 108 Å². The van der Waals surface area contributed by atoms with Gasteiger partial charge in [-0.2, -0.15) is 0 Å². The number of aliphatic hydroxyl groups is 1. The molecule has 0 heterocycles. The number of halogens is 2. The van der Waals surface area contributed by atoms with Crippen molar-refractivity contribution in [1.82, 2.24) is 0 Å². The molecule has 0 saturated carbocycles. The zero-order valence-corrected chi connectivity index (χ0v) is 11.3. The van der Waals surface area contributed by atoms with Crippen LogP contribution in [0, 0.1) is 0 Å². The highest BCUT2D eigenvalue weighted by Gasteiger charge is 2.38. The summed E-state index contributed by atoms with van der Waals surface area (Å²) in [7, 11) is 0. The molecule has 102 valence electrons. The highest BCUT2D eigenvalue weighted by atomic mass is 19.3. The summed E-state index contributed by atoms with van der Waals surface area (Å²) in [6, 6.07) is 6.80. The van der Waals surface area contributed by atoms with Crippen LogP contribution in [0.15, 0.2) is 24.3 Å². The standard InChI is InChI=1S/C15H22F2O/c1-4-5-10-15(16,17)14(18)13-8-6-12(7-9-13)11(2)3/h6-9,11,14,18H,4-5,10H2,1-3H3. The van der Waals surface area contributed by atoms with Crippen LogP contribution in [0.4, 0.5) is 8.78 Å². The van der Waals surface area contributed by atoms with Crippen molar-refractivity contribution in [2.45, 2.75) is 58.0 Å². The smallest absolute Gasteiger partial charge is 0.277 e. The van der Waals surface area contributed by atoms with Crippen molar-refractivity contribution in [3.05, 3.63) is 35.4 Å². The summed E-state index contributed by atoms with van der Waals surface area (Å²) >= 11 is 0. The molecule has 1 nitrogen and oxygen atoms in total. The first-order valence-corrected chi connectivity index (χ1v) is 6.54. The maximum atomic E-state index is 13.7. The third kappa shape index (κ3) is 3.77. The minimum Gasteiger partial charge on any atom is -0.382 e. The van der Waals surface area contributed by atoms with Crippen molar-refractivity contribution in [2.24, 2.45) is 0 Å². The van der Waals surface area contributed by atoms with Crippen LogP contribution in [0.3, 0.4) is 0 Å². The molecule has 0 aliphatic heterocycles. The Morgan fingerprint density at radius 1 is 1.11 bits per heavy atom. The summed E-state index contributed by atoms with van der Waals surface area (Å²) in [6.07, 6.45) is -0.843. The number of hydrogen-bond donors (Lipinski definition) is 1. The lowest BCUT2D eigenvalue weighted by atomic mass is 9.96. The van der Waals surface area contributed by atoms with Crippen LogP contribution in [-0.2, 0) is 0 Å². The predicted molar refractivity (Wildman–Crippen MR) is 70.0 cm³/mol. The molecule has 1 atom stereocenters. The quantitative estimate of drug-likeness (QED) is 0.784. The third-order valence-electron chi connectivity index (χ3n) is 3.18. The molecule has 3 heteroatoms. The second kappa shape index (κ2) is 6.28. The Balaban J connectivity index is 2.79. The number of rotatable bonds is 6. The fourth-order valence-electron chi connectivity index (χ4n) is 1.86. The summed E-state index contributed by atoms with van der Waals surface area (Å²) in [6.45, 7) is 5.95. The van der Waals surface area contributed by atoms with Crippen molar-refractivity contribution in [3.63, 3.8) is 0 Å². The molecule has 1 unspecified atom stereocenters. The van der Waals surface area contributed by atoms with Crippen LogP contribution in [0.1, 0.15) is 63.2 Å². The van der Waals surface area contributed by atoms with Gasteiger partial charge in [0, 0.05) is 6.42 Å². The van der Waals surface area contributed by atoms with Gasteiger partial charge in [-0.25, -0.2) is 8.78 Å². The number of unbranched alkanes of at least 4 members (excludes halogenated alkanes) is 1. The van der Waals surface area contributed by atoms with Crippen LogP contribution in [0.5, 0.6) is 0 Å². The largest absolute Gasteiger partial charge is 0.382 e. The third-order valence-corrected chi connectivity index (χ3v) is 3.18. The van der Waals surface area contributed by atoms with Crippen LogP contribution >= 0.6 is 0 Å². The molecule has 0 spiro atoms. The lowest BCUT2D eigenvalue weighted by molar-refractivity contribution is -0.117. The first kappa shape index (κ1) is 15.1. The van der Waals surface area contributed by atoms with E-state index in [1.54, 1.807) is 24.3 Å². The number of alkyl halides is 2. The van der Waals surface area contributed by atoms with E-state index in [-0.39, 0.29) is 6.42 Å². The van der Waals surface area contributed by atoms with Crippen molar-refractivity contribution >= 4 is 0 Å². The lowest BCUT2D eigenvalue weighted by Crippen LogP contribution is -2.26. The van der Waals surface area contributed by atoms with Crippen LogP contribution < -0.4 is 0 Å². The maximum absolute atomic E-state index is 13.7. The highest BCUT2D eigenvalue weighted by Crippen LogP contribution is 2.35. The van der Waals surface area contributed by atoms with Gasteiger partial charge in [-0.15, -0.1) is 0 Å². The van der Waals surface area contributed by atoms with Gasteiger partial charge in [0.15, 0.2) is 0 Å². The minimum atomic E-state index is -3.05. The van der Waals surface area contributed by atoms with E-state index in [1.807, 2.05) is 20.8 Å². The molecule has 1 aromatic carbocycles. The van der Waals surface area contributed by atoms with E-state index in [0.29, 0.717) is 24.3 Å². The van der Waals surface area contributed by atoms with E-state index in [4.69, 9.17) is 0 Å². The first-order chi connectivity index (χ1) is 8.38. The van der Waals surface area contributed by atoms with Crippen molar-refractivity contribution < 1.29 is 13.9 Å². The second-order valence-electron chi connectivity index (χ2n) is 5.09. The van der Waals surface area contributed by atoms with Gasteiger partial charge in [-0.05, 0) is 23.5 Å². The Kier molecular flexibility index (Phi) is 5.27. The van der Waals surface area contributed by atoms with Crippen LogP contribution in [0.25, 0.3) is 0 Å². The average molecular weight is 256 g/mol. The molecule has 0 aromatic heterocycles. The maximum Gasteiger partial charge on any atom is 0.277 e. The van der Waals surface area contributed by atoms with Gasteiger partial charge in [0.2, 0.25) is 0 Å². The molecule has 0 aliphatic carbocycles. The van der Waals surface area contributed by atoms with Crippen LogP contribution in [-0.4, -0.2) is 11.0 Å². The molecule has 0 amide bonds. The molecule has 0 radical (unpaired) electrons. The fraction of sp³-hybridized carbons (Fsp3) is 0.600. The van der Waals surface area contributed by atoms with Gasteiger partial charge in [0.25, 0.3) is 5.92 Å². The van der Waals surface area contributed by atoms with Gasteiger partial charge in [0.1, 0.15) is 6.10 Å². The summed E-state index contributed by atoms with van der Waals surface area (Å²) < 4.78 is 27.4. The molecule has 1 N–H and O–H groups in total. The molecular weight excluding hydrogens is 234 g/mol. The zero-order valence-electron chi connectivity index (χ0n) is 11.3. The van der Waals surface area contributed by atoms with Gasteiger partial charge in [-0.3, -0.25) is 0 Å². The molecular formula is C15H22F2O. The second-order valence-corrected chi connectivity index (χ2v) is 5.09. The highest BCUT2D eigenvalue weighted by molar-refractivity contribution is 5.27. The monoisotopic (exact) mass is 256 g/mol. The van der Waals surface area contributed by atoms with Gasteiger partial charge in [0.05, 0.1) is 0 Å². The Bertz CT molecular complexity index is 357. The van der Waals surface area contributed by atoms with E-state index >= 15 is 0 Å². The zero-order chi connectivity index (χ0) is 13.8. The molecule has 0 bridgehead atoms. The van der Waals surface area contributed by atoms with Crippen LogP contribution in [0.2, 0.25) is 0 Å². The fourth-order valence-corrected chi connectivity index (χ4v) is 1.86. The lowest BCUT2D eigenvalue weighted by Gasteiger charge is -2.23. The minimum absolute atomic E-state index is 0.267. The van der Waals surface area contributed by atoms with E-state index in [9.17, 15) is 13.9 Å². The van der Waals surface area contributed by atoms with E-state index < -0.39 is 12.0 Å². The molecule has 1 rings (SSSR count). The van der Waals surface area contributed by atoms with Gasteiger partial charge in [-0.1, -0.05) is 51.5 Å².